The van der Waals surface area contributed by atoms with Crippen LogP contribution in [0.25, 0.3) is 32.4 Å². The van der Waals surface area contributed by atoms with E-state index in [9.17, 15) is 9.59 Å². The number of hydrogen-bond donors (Lipinski definition) is 0. The lowest BCUT2D eigenvalue weighted by Crippen LogP contribution is -2.38. The fourth-order valence-corrected chi connectivity index (χ4v) is 5.79. The number of benzene rings is 2. The molecule has 0 bridgehead atoms. The van der Waals surface area contributed by atoms with Gasteiger partial charge in [-0.3, -0.25) is 14.2 Å². The summed E-state index contributed by atoms with van der Waals surface area (Å²) in [5.74, 6) is 1.03. The normalized spacial score (nSPS) is 14.6. The minimum Gasteiger partial charge on any atom is -0.440 e. The summed E-state index contributed by atoms with van der Waals surface area (Å²) < 4.78 is 7.50. The highest BCUT2D eigenvalue weighted by Crippen LogP contribution is 2.31. The summed E-state index contributed by atoms with van der Waals surface area (Å²) in [7, 11) is 0. The van der Waals surface area contributed by atoms with Crippen molar-refractivity contribution in [1.29, 1.82) is 0 Å². The lowest BCUT2D eigenvalue weighted by Gasteiger charge is -2.30. The lowest BCUT2D eigenvalue weighted by atomic mass is 9.96. The molecule has 1 fully saturated rings. The summed E-state index contributed by atoms with van der Waals surface area (Å²) in [4.78, 5) is 38.0. The fraction of sp³-hybridized carbons (Fsp3) is 0.286. The fourth-order valence-electron chi connectivity index (χ4n) is 4.89. The molecule has 0 saturated carbocycles. The van der Waals surface area contributed by atoms with Crippen LogP contribution in [0.2, 0.25) is 0 Å². The van der Waals surface area contributed by atoms with Crippen LogP contribution in [0.1, 0.15) is 36.6 Å². The number of aromatic nitrogens is 3. The number of rotatable bonds is 5. The predicted octanol–water partition coefficient (Wildman–Crippen LogP) is 5.37. The predicted molar refractivity (Wildman–Crippen MR) is 141 cm³/mol. The zero-order valence-electron chi connectivity index (χ0n) is 20.0. The zero-order valence-corrected chi connectivity index (χ0v) is 20.8. The van der Waals surface area contributed by atoms with Gasteiger partial charge in [-0.1, -0.05) is 42.0 Å². The number of thiophene rings is 1. The summed E-state index contributed by atoms with van der Waals surface area (Å²) in [5.41, 5.74) is 4.65. The first-order valence-corrected chi connectivity index (χ1v) is 13.1. The Morgan fingerprint density at radius 3 is 2.67 bits per heavy atom. The highest BCUT2D eigenvalue weighted by Gasteiger charge is 2.27. The van der Waals surface area contributed by atoms with Crippen molar-refractivity contribution in [1.82, 2.24) is 19.4 Å². The Labute approximate surface area is 212 Å². The second-order valence-corrected chi connectivity index (χ2v) is 10.2. The van der Waals surface area contributed by atoms with Gasteiger partial charge in [0, 0.05) is 42.9 Å². The summed E-state index contributed by atoms with van der Waals surface area (Å²) >= 11 is 1.47. The molecule has 7 nitrogen and oxygen atoms in total. The number of para-hydroxylation sites is 2. The molecule has 182 valence electrons. The number of piperidine rings is 1. The van der Waals surface area contributed by atoms with Gasteiger partial charge in [-0.25, -0.2) is 9.97 Å². The summed E-state index contributed by atoms with van der Waals surface area (Å²) in [5, 5.41) is 2.61. The van der Waals surface area contributed by atoms with Gasteiger partial charge in [-0.15, -0.1) is 11.3 Å². The molecule has 8 heteroatoms. The van der Waals surface area contributed by atoms with E-state index in [2.05, 4.69) is 9.97 Å². The number of hydrogen-bond acceptors (Lipinski definition) is 6. The molecule has 36 heavy (non-hydrogen) atoms. The molecule has 4 heterocycles. The van der Waals surface area contributed by atoms with Gasteiger partial charge in [0.1, 0.15) is 10.3 Å². The molecule has 0 spiro atoms. The van der Waals surface area contributed by atoms with E-state index in [-0.39, 0.29) is 23.8 Å². The van der Waals surface area contributed by atoms with Crippen LogP contribution >= 0.6 is 11.3 Å². The average Bonchev–Trinajstić information content (AvgIpc) is 3.54. The van der Waals surface area contributed by atoms with Crippen molar-refractivity contribution in [3.05, 3.63) is 82.0 Å². The van der Waals surface area contributed by atoms with E-state index in [1.165, 1.54) is 16.9 Å². The molecule has 1 amide bonds. The number of nitrogens with zero attached hydrogens (tertiary/aromatic N) is 4. The molecule has 1 aliphatic rings. The van der Waals surface area contributed by atoms with Crippen molar-refractivity contribution < 1.29 is 9.21 Å². The number of oxazole rings is 1. The van der Waals surface area contributed by atoms with Crippen molar-refractivity contribution in [2.24, 2.45) is 0 Å². The van der Waals surface area contributed by atoms with Gasteiger partial charge in [0.05, 0.1) is 11.7 Å². The van der Waals surface area contributed by atoms with Crippen molar-refractivity contribution in [2.75, 3.05) is 13.1 Å². The van der Waals surface area contributed by atoms with Crippen LogP contribution in [0.4, 0.5) is 0 Å². The molecule has 2 aromatic carbocycles. The van der Waals surface area contributed by atoms with E-state index in [0.717, 1.165) is 45.8 Å². The minimum atomic E-state index is -0.0979. The van der Waals surface area contributed by atoms with Crippen LogP contribution in [-0.4, -0.2) is 38.4 Å². The van der Waals surface area contributed by atoms with E-state index in [1.54, 1.807) is 10.9 Å². The number of carbonyl (C=O) groups is 1. The zero-order chi connectivity index (χ0) is 24.6. The Morgan fingerprint density at radius 2 is 1.89 bits per heavy atom. The Hall–Kier alpha value is -3.78. The topological polar surface area (TPSA) is 81.2 Å². The monoisotopic (exact) mass is 498 g/mol. The van der Waals surface area contributed by atoms with Crippen LogP contribution in [-0.2, 0) is 11.3 Å². The van der Waals surface area contributed by atoms with E-state index in [0.29, 0.717) is 25.0 Å². The molecule has 5 aromatic rings. The number of fused-ring (bicyclic) bond motifs is 2. The van der Waals surface area contributed by atoms with Gasteiger partial charge in [0.15, 0.2) is 11.5 Å². The molecule has 0 unspecified atom stereocenters. The Kier molecular flexibility index (Phi) is 5.89. The van der Waals surface area contributed by atoms with Gasteiger partial charge < -0.3 is 9.32 Å². The Bertz CT molecular complexity index is 1570. The highest BCUT2D eigenvalue weighted by atomic mass is 32.1. The quantitative estimate of drug-likeness (QED) is 0.325. The van der Waals surface area contributed by atoms with Gasteiger partial charge >= 0.3 is 0 Å². The first-order valence-electron chi connectivity index (χ1n) is 12.2. The van der Waals surface area contributed by atoms with Crippen molar-refractivity contribution in [3.63, 3.8) is 0 Å². The molecule has 0 aliphatic carbocycles. The van der Waals surface area contributed by atoms with Crippen molar-refractivity contribution >= 4 is 38.6 Å². The second kappa shape index (κ2) is 9.35. The van der Waals surface area contributed by atoms with Gasteiger partial charge in [0.2, 0.25) is 5.91 Å². The minimum absolute atomic E-state index is 0.0575. The molecule has 1 saturated heterocycles. The van der Waals surface area contributed by atoms with Crippen molar-refractivity contribution in [2.45, 2.75) is 38.6 Å². The summed E-state index contributed by atoms with van der Waals surface area (Å²) in [6, 6.07) is 15.9. The van der Waals surface area contributed by atoms with Crippen LogP contribution in [0.3, 0.4) is 0 Å². The molecule has 0 atom stereocenters. The van der Waals surface area contributed by atoms with Crippen molar-refractivity contribution in [3.8, 4) is 11.1 Å². The van der Waals surface area contributed by atoms with Crippen LogP contribution < -0.4 is 5.56 Å². The van der Waals surface area contributed by atoms with Crippen LogP contribution in [0, 0.1) is 6.92 Å². The lowest BCUT2D eigenvalue weighted by molar-refractivity contribution is -0.132. The second-order valence-electron chi connectivity index (χ2n) is 9.36. The summed E-state index contributed by atoms with van der Waals surface area (Å²) in [6.45, 7) is 3.68. The largest absolute Gasteiger partial charge is 0.440 e. The van der Waals surface area contributed by atoms with Gasteiger partial charge in [0.25, 0.3) is 5.56 Å². The third-order valence-electron chi connectivity index (χ3n) is 7.00. The first kappa shape index (κ1) is 22.7. The number of carbonyl (C=O) groups excluding carboxylic acids is 1. The van der Waals surface area contributed by atoms with Crippen LogP contribution in [0.15, 0.2) is 69.5 Å². The highest BCUT2D eigenvalue weighted by molar-refractivity contribution is 7.17. The third-order valence-corrected chi connectivity index (χ3v) is 7.88. The maximum absolute atomic E-state index is 13.3. The third kappa shape index (κ3) is 4.22. The number of amides is 1. The van der Waals surface area contributed by atoms with E-state index in [1.807, 2.05) is 65.7 Å². The molecular weight excluding hydrogens is 472 g/mol. The SMILES string of the molecule is Cc1ccc(-c2csc3ncn(CCC(=O)N4CCC(c5nc6ccccc6o5)CC4)c(=O)c23)cc1. The Balaban J connectivity index is 1.12. The molecule has 0 radical (unpaired) electrons. The molecule has 1 aliphatic heterocycles. The van der Waals surface area contributed by atoms with Gasteiger partial charge in [-0.05, 0) is 37.5 Å². The average molecular weight is 499 g/mol. The van der Waals surface area contributed by atoms with E-state index < -0.39 is 0 Å². The van der Waals surface area contributed by atoms with E-state index in [4.69, 9.17) is 4.42 Å². The van der Waals surface area contributed by atoms with E-state index >= 15 is 0 Å². The summed E-state index contributed by atoms with van der Waals surface area (Å²) in [6.07, 6.45) is 3.47. The maximum atomic E-state index is 13.3. The maximum Gasteiger partial charge on any atom is 0.262 e. The molecule has 6 rings (SSSR count). The standard InChI is InChI=1S/C28H26N4O3S/c1-18-6-8-19(9-7-18)21-16-36-27-25(21)28(34)32(17-29-27)15-12-24(33)31-13-10-20(11-14-31)26-30-22-4-2-3-5-23(22)35-26/h2-9,16-17,20H,10-15H2,1H3. The molecule has 3 aromatic heterocycles. The Morgan fingerprint density at radius 1 is 1.11 bits per heavy atom. The number of likely N-dealkylation sites (tertiary alicyclic amines) is 1. The van der Waals surface area contributed by atoms with Gasteiger partial charge in [-0.2, -0.15) is 0 Å². The number of aryl methyl sites for hydroxylation is 2. The van der Waals surface area contributed by atoms with Crippen LogP contribution in [0.5, 0.6) is 0 Å². The smallest absolute Gasteiger partial charge is 0.262 e. The molecular formula is C28H26N4O3S. The molecule has 0 N–H and O–H groups in total. The first-order chi connectivity index (χ1) is 17.6.